The average Bonchev–Trinajstić information content (AvgIpc) is 3.25. The lowest BCUT2D eigenvalue weighted by Gasteiger charge is -2.25. The van der Waals surface area contributed by atoms with Crippen LogP contribution < -0.4 is 5.32 Å². The zero-order valence-electron chi connectivity index (χ0n) is 16.0. The van der Waals surface area contributed by atoms with Gasteiger partial charge in [-0.05, 0) is 12.5 Å². The summed E-state index contributed by atoms with van der Waals surface area (Å²) in [6.07, 6.45) is 1.87. The normalized spacial score (nSPS) is 15.8. The highest BCUT2D eigenvalue weighted by molar-refractivity contribution is 6.05. The molecule has 0 aliphatic carbocycles. The van der Waals surface area contributed by atoms with Gasteiger partial charge in [0.1, 0.15) is 0 Å². The number of hydrogen-bond acceptors (Lipinski definition) is 5. The molecule has 2 aromatic heterocycles. The molecule has 0 spiro atoms. The molecule has 2 amide bonds. The van der Waals surface area contributed by atoms with Gasteiger partial charge in [-0.2, -0.15) is 5.10 Å². The predicted octanol–water partition coefficient (Wildman–Crippen LogP) is 1.08. The van der Waals surface area contributed by atoms with E-state index >= 15 is 0 Å². The van der Waals surface area contributed by atoms with E-state index in [1.807, 2.05) is 50.5 Å². The van der Waals surface area contributed by atoms with Gasteiger partial charge in [-0.25, -0.2) is 4.68 Å². The van der Waals surface area contributed by atoms with Crippen LogP contribution in [0.3, 0.4) is 0 Å². The topological polar surface area (TPSA) is 97.9 Å². The fraction of sp³-hybridized carbons (Fsp3) is 0.316. The molecular formula is C19H21N7O2. The van der Waals surface area contributed by atoms with Crippen LogP contribution in [0.4, 0.5) is 0 Å². The van der Waals surface area contributed by atoms with Crippen LogP contribution in [0.1, 0.15) is 43.8 Å². The van der Waals surface area contributed by atoms with Crippen molar-refractivity contribution in [2.24, 2.45) is 7.05 Å². The van der Waals surface area contributed by atoms with Crippen molar-refractivity contribution in [2.45, 2.75) is 26.1 Å². The van der Waals surface area contributed by atoms with E-state index < -0.39 is 0 Å². The van der Waals surface area contributed by atoms with Gasteiger partial charge in [-0.3, -0.25) is 14.3 Å². The van der Waals surface area contributed by atoms with Crippen LogP contribution in [0.2, 0.25) is 0 Å². The number of rotatable bonds is 4. The largest absolute Gasteiger partial charge is 0.342 e. The maximum Gasteiger partial charge on any atom is 0.276 e. The van der Waals surface area contributed by atoms with E-state index in [1.165, 1.54) is 9.58 Å². The quantitative estimate of drug-likeness (QED) is 0.731. The van der Waals surface area contributed by atoms with E-state index in [0.29, 0.717) is 13.1 Å². The first-order chi connectivity index (χ1) is 13.4. The molecule has 1 aromatic carbocycles. The molecule has 0 fully saturated rings. The van der Waals surface area contributed by atoms with Gasteiger partial charge in [0, 0.05) is 32.4 Å². The van der Waals surface area contributed by atoms with E-state index in [9.17, 15) is 9.59 Å². The van der Waals surface area contributed by atoms with E-state index in [0.717, 1.165) is 16.8 Å². The Morgan fingerprint density at radius 2 is 2.07 bits per heavy atom. The van der Waals surface area contributed by atoms with Crippen molar-refractivity contribution in [3.63, 3.8) is 0 Å². The zero-order chi connectivity index (χ0) is 19.8. The first-order valence-corrected chi connectivity index (χ1v) is 8.98. The number of benzene rings is 1. The summed E-state index contributed by atoms with van der Waals surface area (Å²) < 4.78 is 3.22. The Hall–Kier alpha value is -3.49. The first kappa shape index (κ1) is 17.9. The third kappa shape index (κ3) is 3.15. The number of nitrogens with one attached hydrogen (secondary N) is 1. The molecule has 3 heterocycles. The molecule has 9 heteroatoms. The summed E-state index contributed by atoms with van der Waals surface area (Å²) in [6.45, 7) is 2.70. The Morgan fingerprint density at radius 3 is 2.75 bits per heavy atom. The van der Waals surface area contributed by atoms with Gasteiger partial charge in [0.25, 0.3) is 11.8 Å². The average molecular weight is 379 g/mol. The summed E-state index contributed by atoms with van der Waals surface area (Å²) in [5.74, 6) is -0.697. The molecule has 0 unspecified atom stereocenters. The minimum absolute atomic E-state index is 0.0630. The SMILES string of the molecule is Cc1nn(C)cc1CN(C)C(=O)c1nnn2c1C(=O)N[C@@H](c1ccccc1)C2. The summed E-state index contributed by atoms with van der Waals surface area (Å²) >= 11 is 0. The van der Waals surface area contributed by atoms with Crippen molar-refractivity contribution in [3.8, 4) is 0 Å². The zero-order valence-corrected chi connectivity index (χ0v) is 16.0. The second-order valence-electron chi connectivity index (χ2n) is 6.98. The first-order valence-electron chi connectivity index (χ1n) is 8.98. The molecule has 1 aliphatic heterocycles. The monoisotopic (exact) mass is 379 g/mol. The van der Waals surface area contributed by atoms with Gasteiger partial charge in [0.2, 0.25) is 0 Å². The molecule has 0 radical (unpaired) electrons. The maximum atomic E-state index is 12.9. The van der Waals surface area contributed by atoms with Crippen molar-refractivity contribution < 1.29 is 9.59 Å². The highest BCUT2D eigenvalue weighted by Gasteiger charge is 2.33. The maximum absolute atomic E-state index is 12.9. The number of carbonyl (C=O) groups is 2. The summed E-state index contributed by atoms with van der Waals surface area (Å²) in [5, 5.41) is 15.3. The van der Waals surface area contributed by atoms with Crippen LogP contribution in [0.25, 0.3) is 0 Å². The second-order valence-corrected chi connectivity index (χ2v) is 6.98. The molecule has 0 saturated heterocycles. The van der Waals surface area contributed by atoms with Gasteiger partial charge >= 0.3 is 0 Å². The summed E-state index contributed by atoms with van der Waals surface area (Å²) in [6, 6.07) is 9.45. The highest BCUT2D eigenvalue weighted by atomic mass is 16.2. The van der Waals surface area contributed by atoms with E-state index in [-0.39, 0.29) is 29.2 Å². The van der Waals surface area contributed by atoms with Crippen LogP contribution in [-0.4, -0.2) is 48.5 Å². The van der Waals surface area contributed by atoms with Crippen LogP contribution >= 0.6 is 0 Å². The Bertz CT molecular complexity index is 1040. The number of amides is 2. The molecule has 1 N–H and O–H groups in total. The van der Waals surface area contributed by atoms with Crippen molar-refractivity contribution in [1.82, 2.24) is 35.0 Å². The fourth-order valence-electron chi connectivity index (χ4n) is 3.44. The van der Waals surface area contributed by atoms with E-state index in [4.69, 9.17) is 0 Å². The van der Waals surface area contributed by atoms with Gasteiger partial charge in [0.05, 0.1) is 18.3 Å². The molecule has 1 aliphatic rings. The van der Waals surface area contributed by atoms with Gasteiger partial charge < -0.3 is 10.2 Å². The molecule has 0 saturated carbocycles. The van der Waals surface area contributed by atoms with Crippen molar-refractivity contribution in [1.29, 1.82) is 0 Å². The minimum Gasteiger partial charge on any atom is -0.342 e. The van der Waals surface area contributed by atoms with Crippen LogP contribution in [0.5, 0.6) is 0 Å². The summed E-state index contributed by atoms with van der Waals surface area (Å²) in [7, 11) is 3.51. The Labute approximate surface area is 161 Å². The molecular weight excluding hydrogens is 358 g/mol. The van der Waals surface area contributed by atoms with Gasteiger partial charge in [0.15, 0.2) is 11.4 Å². The van der Waals surface area contributed by atoms with Crippen LogP contribution in [0, 0.1) is 6.92 Å². The number of carbonyl (C=O) groups excluding carboxylic acids is 2. The van der Waals surface area contributed by atoms with E-state index in [2.05, 4.69) is 20.7 Å². The Kier molecular flexibility index (Phi) is 4.42. The van der Waals surface area contributed by atoms with Crippen molar-refractivity contribution in [2.75, 3.05) is 7.05 Å². The van der Waals surface area contributed by atoms with E-state index in [1.54, 1.807) is 11.7 Å². The van der Waals surface area contributed by atoms with Crippen molar-refractivity contribution in [3.05, 3.63) is 64.7 Å². The smallest absolute Gasteiger partial charge is 0.276 e. The fourth-order valence-corrected chi connectivity index (χ4v) is 3.44. The van der Waals surface area contributed by atoms with Gasteiger partial charge in [-0.1, -0.05) is 35.5 Å². The molecule has 0 bridgehead atoms. The summed E-state index contributed by atoms with van der Waals surface area (Å²) in [5.41, 5.74) is 3.04. The number of aromatic nitrogens is 5. The standard InChI is InChI=1S/C19H21N7O2/c1-12-14(10-25(3)22-12)9-24(2)19(28)16-17-18(27)20-15(11-26(17)23-21-16)13-7-5-4-6-8-13/h4-8,10,15H,9,11H2,1-3H3,(H,20,27)/t15-/m1/s1. The molecule has 144 valence electrons. The third-order valence-electron chi connectivity index (χ3n) is 4.88. The van der Waals surface area contributed by atoms with Crippen molar-refractivity contribution >= 4 is 11.8 Å². The molecule has 4 rings (SSSR count). The third-order valence-corrected chi connectivity index (χ3v) is 4.88. The number of fused-ring (bicyclic) bond motifs is 1. The Balaban J connectivity index is 1.56. The molecule has 9 nitrogen and oxygen atoms in total. The lowest BCUT2D eigenvalue weighted by atomic mass is 10.0. The molecule has 3 aromatic rings. The minimum atomic E-state index is -0.349. The highest BCUT2D eigenvalue weighted by Crippen LogP contribution is 2.22. The molecule has 1 atom stereocenters. The van der Waals surface area contributed by atoms with Crippen LogP contribution in [0.15, 0.2) is 36.5 Å². The number of aryl methyl sites for hydroxylation is 2. The number of hydrogen-bond donors (Lipinski definition) is 1. The predicted molar refractivity (Wildman–Crippen MR) is 100 cm³/mol. The van der Waals surface area contributed by atoms with Crippen LogP contribution in [-0.2, 0) is 20.1 Å². The molecule has 28 heavy (non-hydrogen) atoms. The Morgan fingerprint density at radius 1 is 1.32 bits per heavy atom. The van der Waals surface area contributed by atoms with Gasteiger partial charge in [-0.15, -0.1) is 5.10 Å². The lowest BCUT2D eigenvalue weighted by molar-refractivity contribution is 0.0767. The number of nitrogens with zero attached hydrogens (tertiary/aromatic N) is 6. The second kappa shape index (κ2) is 6.91. The summed E-state index contributed by atoms with van der Waals surface area (Å²) in [4.78, 5) is 27.1. The lowest BCUT2D eigenvalue weighted by Crippen LogP contribution is -2.40.